The molecule has 2 aromatic heterocycles. The van der Waals surface area contributed by atoms with E-state index < -0.39 is 0 Å². The van der Waals surface area contributed by atoms with Gasteiger partial charge >= 0.3 is 0 Å². The molecule has 1 fully saturated rings. The molecular weight excluding hydrogens is 354 g/mol. The van der Waals surface area contributed by atoms with Crippen molar-refractivity contribution >= 4 is 16.9 Å². The van der Waals surface area contributed by atoms with Crippen molar-refractivity contribution in [1.82, 2.24) is 20.1 Å². The van der Waals surface area contributed by atoms with E-state index in [0.717, 1.165) is 25.3 Å². The predicted molar refractivity (Wildman–Crippen MR) is 110 cm³/mol. The van der Waals surface area contributed by atoms with E-state index in [1.54, 1.807) is 19.1 Å². The number of aryl methyl sites for hydroxylation is 1. The summed E-state index contributed by atoms with van der Waals surface area (Å²) >= 11 is 0. The number of fused-ring (bicyclic) bond motifs is 1. The fraction of sp³-hybridized carbons (Fsp3) is 0.476. The zero-order valence-electron chi connectivity index (χ0n) is 17.1. The number of benzene rings is 1. The third-order valence-electron chi connectivity index (χ3n) is 5.63. The summed E-state index contributed by atoms with van der Waals surface area (Å²) in [6, 6.07) is 7.73. The number of aromatic hydroxyl groups is 1. The third kappa shape index (κ3) is 3.42. The van der Waals surface area contributed by atoms with Gasteiger partial charge in [-0.2, -0.15) is 0 Å². The van der Waals surface area contributed by atoms with Crippen molar-refractivity contribution in [2.24, 2.45) is 0 Å². The van der Waals surface area contributed by atoms with E-state index in [0.29, 0.717) is 34.3 Å². The molecule has 0 radical (unpaired) electrons. The molecule has 7 heteroatoms. The van der Waals surface area contributed by atoms with E-state index in [1.165, 1.54) is 0 Å². The third-order valence-corrected chi connectivity index (χ3v) is 5.63. The lowest BCUT2D eigenvalue weighted by molar-refractivity contribution is 0.127. The molecule has 3 aromatic rings. The number of hydrogen-bond donors (Lipinski definition) is 1. The molecule has 0 amide bonds. The molecule has 1 saturated heterocycles. The highest BCUT2D eigenvalue weighted by atomic mass is 16.3. The van der Waals surface area contributed by atoms with Gasteiger partial charge in [0.05, 0.1) is 5.69 Å². The maximum atomic E-state index is 10.4. The Labute approximate surface area is 165 Å². The second-order valence-corrected chi connectivity index (χ2v) is 8.52. The first-order valence-electron chi connectivity index (χ1n) is 9.64. The lowest BCUT2D eigenvalue weighted by Crippen LogP contribution is -2.46. The minimum absolute atomic E-state index is 0.121. The number of rotatable bonds is 3. The van der Waals surface area contributed by atoms with Gasteiger partial charge in [0, 0.05) is 43.2 Å². The van der Waals surface area contributed by atoms with Crippen LogP contribution in [-0.2, 0) is 0 Å². The van der Waals surface area contributed by atoms with Crippen LogP contribution in [0.15, 0.2) is 28.7 Å². The predicted octanol–water partition coefficient (Wildman–Crippen LogP) is 3.61. The second kappa shape index (κ2) is 6.74. The van der Waals surface area contributed by atoms with Crippen LogP contribution in [0.3, 0.4) is 0 Å². The highest BCUT2D eigenvalue weighted by Gasteiger charge is 2.31. The van der Waals surface area contributed by atoms with Crippen LogP contribution >= 0.6 is 0 Å². The molecule has 0 bridgehead atoms. The first-order valence-corrected chi connectivity index (χ1v) is 9.64. The van der Waals surface area contributed by atoms with Crippen molar-refractivity contribution in [3.63, 3.8) is 0 Å². The smallest absolute Gasteiger partial charge is 0.192 e. The van der Waals surface area contributed by atoms with Gasteiger partial charge in [0.25, 0.3) is 0 Å². The lowest BCUT2D eigenvalue weighted by Gasteiger charge is -2.36. The molecule has 148 valence electrons. The summed E-state index contributed by atoms with van der Waals surface area (Å²) in [5.74, 6) is 1.55. The van der Waals surface area contributed by atoms with Crippen LogP contribution in [0.5, 0.6) is 5.75 Å². The average molecular weight is 381 g/mol. The van der Waals surface area contributed by atoms with Crippen molar-refractivity contribution in [1.29, 1.82) is 0 Å². The molecule has 0 spiro atoms. The van der Waals surface area contributed by atoms with Gasteiger partial charge in [0.15, 0.2) is 17.3 Å². The molecule has 0 saturated carbocycles. The standard InChI is InChI=1S/C21H27N5O2/c1-13-22-17-11-18(27)15(10-19(17)28-13)16-6-7-20(24-23-16)26-9-8-14(12-26)25(5)21(2,3)4/h6-7,10-11,14,27H,8-9,12H2,1-5H3/t14-/m1/s1. The molecule has 1 aromatic carbocycles. The summed E-state index contributed by atoms with van der Waals surface area (Å²) in [5.41, 5.74) is 2.61. The summed E-state index contributed by atoms with van der Waals surface area (Å²) in [6.45, 7) is 10.4. The Morgan fingerprint density at radius 2 is 2.00 bits per heavy atom. The van der Waals surface area contributed by atoms with Gasteiger partial charge in [-0.3, -0.25) is 4.90 Å². The Morgan fingerprint density at radius 3 is 2.68 bits per heavy atom. The van der Waals surface area contributed by atoms with Crippen molar-refractivity contribution in [2.45, 2.75) is 45.7 Å². The van der Waals surface area contributed by atoms with E-state index >= 15 is 0 Å². The molecule has 0 unspecified atom stereocenters. The zero-order chi connectivity index (χ0) is 20.1. The number of nitrogens with zero attached hydrogens (tertiary/aromatic N) is 5. The minimum Gasteiger partial charge on any atom is -0.507 e. The first-order chi connectivity index (χ1) is 13.2. The summed E-state index contributed by atoms with van der Waals surface area (Å²) in [4.78, 5) is 8.94. The molecule has 1 aliphatic rings. The molecule has 4 rings (SSSR count). The molecule has 7 nitrogen and oxygen atoms in total. The van der Waals surface area contributed by atoms with Crippen LogP contribution in [-0.4, -0.2) is 56.9 Å². The molecule has 28 heavy (non-hydrogen) atoms. The Bertz CT molecular complexity index is 990. The number of oxazole rings is 1. The van der Waals surface area contributed by atoms with Crippen molar-refractivity contribution in [2.75, 3.05) is 25.0 Å². The lowest BCUT2D eigenvalue weighted by atomic mass is 10.0. The van der Waals surface area contributed by atoms with E-state index in [1.807, 2.05) is 12.1 Å². The van der Waals surface area contributed by atoms with Crippen LogP contribution in [0.1, 0.15) is 33.1 Å². The van der Waals surface area contributed by atoms with Crippen molar-refractivity contribution in [3.8, 4) is 17.0 Å². The summed E-state index contributed by atoms with van der Waals surface area (Å²) in [7, 11) is 2.19. The van der Waals surface area contributed by atoms with E-state index in [9.17, 15) is 5.11 Å². The fourth-order valence-corrected chi connectivity index (χ4v) is 3.73. The Hall–Kier alpha value is -2.67. The van der Waals surface area contributed by atoms with Gasteiger partial charge in [-0.25, -0.2) is 4.98 Å². The van der Waals surface area contributed by atoms with E-state index in [-0.39, 0.29) is 11.3 Å². The van der Waals surface area contributed by atoms with Crippen molar-refractivity contribution in [3.05, 3.63) is 30.2 Å². The number of hydrogen-bond acceptors (Lipinski definition) is 7. The topological polar surface area (TPSA) is 78.5 Å². The van der Waals surface area contributed by atoms with Gasteiger partial charge in [0.2, 0.25) is 0 Å². The number of phenols is 1. The number of anilines is 1. The largest absolute Gasteiger partial charge is 0.507 e. The van der Waals surface area contributed by atoms with Crippen LogP contribution in [0.4, 0.5) is 5.82 Å². The molecular formula is C21H27N5O2. The average Bonchev–Trinajstić information content (AvgIpc) is 3.25. The van der Waals surface area contributed by atoms with Gasteiger partial charge < -0.3 is 14.4 Å². The van der Waals surface area contributed by atoms with Crippen LogP contribution in [0.25, 0.3) is 22.4 Å². The quantitative estimate of drug-likeness (QED) is 0.742. The summed E-state index contributed by atoms with van der Waals surface area (Å²) in [5, 5.41) is 19.1. The van der Waals surface area contributed by atoms with E-state index in [2.05, 4.69) is 52.8 Å². The number of phenolic OH excluding ortho intramolecular Hbond substituents is 1. The molecule has 0 aliphatic carbocycles. The Balaban J connectivity index is 1.54. The Morgan fingerprint density at radius 1 is 1.21 bits per heavy atom. The minimum atomic E-state index is 0.121. The molecule has 1 aliphatic heterocycles. The van der Waals surface area contributed by atoms with Gasteiger partial charge in [-0.05, 0) is 52.4 Å². The maximum absolute atomic E-state index is 10.4. The van der Waals surface area contributed by atoms with Crippen LogP contribution in [0, 0.1) is 6.92 Å². The molecule has 1 N–H and O–H groups in total. The van der Waals surface area contributed by atoms with Crippen molar-refractivity contribution < 1.29 is 9.52 Å². The fourth-order valence-electron chi connectivity index (χ4n) is 3.73. The Kier molecular flexibility index (Phi) is 4.50. The van der Waals surface area contributed by atoms with Gasteiger partial charge in [0.1, 0.15) is 11.3 Å². The van der Waals surface area contributed by atoms with Gasteiger partial charge in [-0.15, -0.1) is 10.2 Å². The maximum Gasteiger partial charge on any atom is 0.192 e. The number of aromatic nitrogens is 3. The summed E-state index contributed by atoms with van der Waals surface area (Å²) < 4.78 is 5.57. The normalized spacial score (nSPS) is 17.8. The zero-order valence-corrected chi connectivity index (χ0v) is 17.1. The van der Waals surface area contributed by atoms with Crippen LogP contribution < -0.4 is 4.90 Å². The van der Waals surface area contributed by atoms with Gasteiger partial charge in [-0.1, -0.05) is 0 Å². The summed E-state index contributed by atoms with van der Waals surface area (Å²) in [6.07, 6.45) is 1.11. The number of likely N-dealkylation sites (N-methyl/N-ethyl adjacent to an activating group) is 1. The molecule has 3 heterocycles. The van der Waals surface area contributed by atoms with Crippen LogP contribution in [0.2, 0.25) is 0 Å². The second-order valence-electron chi connectivity index (χ2n) is 8.52. The SMILES string of the molecule is Cc1nc2cc(O)c(-c3ccc(N4CC[C@@H](N(C)C(C)(C)C)C4)nn3)cc2o1. The first kappa shape index (κ1) is 18.7. The monoisotopic (exact) mass is 381 g/mol. The van der Waals surface area contributed by atoms with E-state index in [4.69, 9.17) is 4.42 Å². The molecule has 1 atom stereocenters. The highest BCUT2D eigenvalue weighted by Crippen LogP contribution is 2.33. The highest BCUT2D eigenvalue weighted by molar-refractivity contribution is 5.83.